The van der Waals surface area contributed by atoms with Crippen molar-refractivity contribution in [3.63, 3.8) is 0 Å². The van der Waals surface area contributed by atoms with Crippen LogP contribution in [0.2, 0.25) is 0 Å². The van der Waals surface area contributed by atoms with Gasteiger partial charge in [0.15, 0.2) is 0 Å². The molecule has 0 heterocycles. The van der Waals surface area contributed by atoms with E-state index in [-0.39, 0.29) is 0 Å². The van der Waals surface area contributed by atoms with Gasteiger partial charge in [-0.2, -0.15) is 0 Å². The van der Waals surface area contributed by atoms with E-state index in [1.54, 1.807) is 6.08 Å². The van der Waals surface area contributed by atoms with Crippen LogP contribution in [0.1, 0.15) is 27.7 Å². The second kappa shape index (κ2) is 7.94. The van der Waals surface area contributed by atoms with E-state index < -0.39 is 0 Å². The van der Waals surface area contributed by atoms with Gasteiger partial charge in [0.2, 0.25) is 0 Å². The molecule has 0 amide bonds. The van der Waals surface area contributed by atoms with Crippen molar-refractivity contribution in [2.45, 2.75) is 33.7 Å². The maximum atomic E-state index is 4.09. The second-order valence-electron chi connectivity index (χ2n) is 4.82. The van der Waals surface area contributed by atoms with Gasteiger partial charge in [0.05, 0.1) is 0 Å². The zero-order chi connectivity index (χ0) is 13.4. The van der Waals surface area contributed by atoms with Gasteiger partial charge in [0, 0.05) is 18.8 Å². The van der Waals surface area contributed by atoms with E-state index in [1.165, 1.54) is 0 Å². The highest BCUT2D eigenvalue weighted by molar-refractivity contribution is 5.19. The number of likely N-dealkylation sites (N-methyl/N-ethyl adjacent to an activating group) is 1. The number of rotatable bonds is 7. The van der Waals surface area contributed by atoms with Crippen LogP contribution in [0.4, 0.5) is 0 Å². The van der Waals surface area contributed by atoms with E-state index in [4.69, 9.17) is 0 Å². The molecular weight excluding hydrogens is 206 g/mol. The Labute approximate surface area is 107 Å². The molecule has 0 aromatic carbocycles. The van der Waals surface area contributed by atoms with Crippen molar-refractivity contribution in [3.8, 4) is 0 Å². The molecule has 2 atom stereocenters. The van der Waals surface area contributed by atoms with Gasteiger partial charge < -0.3 is 4.90 Å². The number of hydrogen-bond donors (Lipinski definition) is 0. The van der Waals surface area contributed by atoms with Crippen LogP contribution >= 0.6 is 0 Å². The van der Waals surface area contributed by atoms with Crippen LogP contribution in [-0.4, -0.2) is 18.0 Å². The van der Waals surface area contributed by atoms with Gasteiger partial charge in [-0.25, -0.2) is 0 Å². The molecule has 17 heavy (non-hydrogen) atoms. The Morgan fingerprint density at radius 3 is 2.24 bits per heavy atom. The van der Waals surface area contributed by atoms with Gasteiger partial charge in [-0.1, -0.05) is 58.2 Å². The maximum Gasteiger partial charge on any atom is 0.0497 e. The molecular formula is C16H27N. The van der Waals surface area contributed by atoms with Crippen LogP contribution in [-0.2, 0) is 0 Å². The third kappa shape index (κ3) is 5.08. The van der Waals surface area contributed by atoms with E-state index in [2.05, 4.69) is 65.0 Å². The molecule has 96 valence electrons. The molecule has 0 aliphatic rings. The molecule has 0 saturated carbocycles. The summed E-state index contributed by atoms with van der Waals surface area (Å²) < 4.78 is 0. The summed E-state index contributed by atoms with van der Waals surface area (Å²) in [7, 11) is 2.10. The fourth-order valence-corrected chi connectivity index (χ4v) is 1.74. The van der Waals surface area contributed by atoms with Crippen LogP contribution in [0.3, 0.4) is 0 Å². The van der Waals surface area contributed by atoms with Gasteiger partial charge in [-0.3, -0.25) is 0 Å². The molecule has 0 bridgehead atoms. The molecule has 0 aliphatic heterocycles. The van der Waals surface area contributed by atoms with Crippen molar-refractivity contribution >= 4 is 0 Å². The first kappa shape index (κ1) is 15.8. The zero-order valence-electron chi connectivity index (χ0n) is 12.0. The summed E-state index contributed by atoms with van der Waals surface area (Å²) in [6, 6.07) is 0.391. The van der Waals surface area contributed by atoms with Crippen molar-refractivity contribution in [1.29, 1.82) is 0 Å². The minimum atomic E-state index is 0.391. The zero-order valence-corrected chi connectivity index (χ0v) is 12.0. The summed E-state index contributed by atoms with van der Waals surface area (Å²) in [6.45, 7) is 16.6. The van der Waals surface area contributed by atoms with Crippen LogP contribution in [0.25, 0.3) is 0 Å². The van der Waals surface area contributed by atoms with Crippen molar-refractivity contribution in [1.82, 2.24) is 4.90 Å². The summed E-state index contributed by atoms with van der Waals surface area (Å²) in [5, 5.41) is 0. The normalized spacial score (nSPS) is 15.4. The summed E-state index contributed by atoms with van der Waals surface area (Å²) in [4.78, 5) is 2.23. The molecule has 0 rings (SSSR count). The average Bonchev–Trinajstić information content (AvgIpc) is 2.31. The van der Waals surface area contributed by atoms with E-state index in [1.807, 2.05) is 12.2 Å². The van der Waals surface area contributed by atoms with E-state index >= 15 is 0 Å². The van der Waals surface area contributed by atoms with E-state index in [9.17, 15) is 0 Å². The SMILES string of the molecule is C=C/C=C\C(=C)N(C)[C@@H](/C=C\C)[C@H](C)C(C)C. The summed E-state index contributed by atoms with van der Waals surface area (Å²) in [5.41, 5.74) is 1.01. The Morgan fingerprint density at radius 2 is 1.82 bits per heavy atom. The Morgan fingerprint density at radius 1 is 1.24 bits per heavy atom. The first-order valence-electron chi connectivity index (χ1n) is 6.29. The fraction of sp³-hybridized carbons (Fsp3) is 0.500. The fourth-order valence-electron chi connectivity index (χ4n) is 1.74. The molecule has 1 nitrogen and oxygen atoms in total. The number of allylic oxidation sites excluding steroid dienone is 4. The Hall–Kier alpha value is -1.24. The number of nitrogens with zero attached hydrogens (tertiary/aromatic N) is 1. The monoisotopic (exact) mass is 233 g/mol. The highest BCUT2D eigenvalue weighted by Crippen LogP contribution is 2.22. The van der Waals surface area contributed by atoms with Crippen LogP contribution < -0.4 is 0 Å². The predicted molar refractivity (Wildman–Crippen MR) is 78.8 cm³/mol. The third-order valence-electron chi connectivity index (χ3n) is 3.30. The van der Waals surface area contributed by atoms with Crippen molar-refractivity contribution in [2.24, 2.45) is 11.8 Å². The lowest BCUT2D eigenvalue weighted by molar-refractivity contribution is 0.235. The standard InChI is InChI=1S/C16H27N/c1-8-10-12-14(5)17(7)16(11-9-2)15(6)13(3)4/h8-13,15-16H,1,5H2,2-4,6-7H3/b11-9-,12-10-/t15-,16+/m1/s1. The predicted octanol–water partition coefficient (Wildman–Crippen LogP) is 4.41. The maximum absolute atomic E-state index is 4.09. The molecule has 1 heteroatoms. The number of hydrogen-bond acceptors (Lipinski definition) is 1. The van der Waals surface area contributed by atoms with Crippen LogP contribution in [0, 0.1) is 11.8 Å². The summed E-state index contributed by atoms with van der Waals surface area (Å²) >= 11 is 0. The van der Waals surface area contributed by atoms with Gasteiger partial charge in [-0.15, -0.1) is 0 Å². The lowest BCUT2D eigenvalue weighted by Gasteiger charge is -2.34. The quantitative estimate of drug-likeness (QED) is 0.465. The largest absolute Gasteiger partial charge is 0.368 e. The highest BCUT2D eigenvalue weighted by Gasteiger charge is 2.21. The molecule has 0 aliphatic carbocycles. The Bertz CT molecular complexity index is 297. The summed E-state index contributed by atoms with van der Waals surface area (Å²) in [6.07, 6.45) is 10.1. The molecule has 0 aromatic rings. The molecule has 0 fully saturated rings. The molecule has 0 unspecified atom stereocenters. The van der Waals surface area contributed by atoms with E-state index in [0.717, 1.165) is 5.70 Å². The molecule has 0 radical (unpaired) electrons. The average molecular weight is 233 g/mol. The second-order valence-corrected chi connectivity index (χ2v) is 4.82. The smallest absolute Gasteiger partial charge is 0.0497 e. The molecule has 0 saturated heterocycles. The molecule has 0 aromatic heterocycles. The Balaban J connectivity index is 4.87. The van der Waals surface area contributed by atoms with Crippen molar-refractivity contribution < 1.29 is 0 Å². The minimum absolute atomic E-state index is 0.391. The lowest BCUT2D eigenvalue weighted by Crippen LogP contribution is -2.36. The van der Waals surface area contributed by atoms with Crippen molar-refractivity contribution in [2.75, 3.05) is 7.05 Å². The minimum Gasteiger partial charge on any atom is -0.368 e. The van der Waals surface area contributed by atoms with Gasteiger partial charge in [0.25, 0.3) is 0 Å². The van der Waals surface area contributed by atoms with Gasteiger partial charge in [0.1, 0.15) is 0 Å². The topological polar surface area (TPSA) is 3.24 Å². The first-order valence-corrected chi connectivity index (χ1v) is 6.29. The first-order chi connectivity index (χ1) is 7.95. The van der Waals surface area contributed by atoms with Gasteiger partial charge in [-0.05, 0) is 24.8 Å². The lowest BCUT2D eigenvalue weighted by atomic mass is 9.89. The summed E-state index contributed by atoms with van der Waals surface area (Å²) in [5.74, 6) is 1.24. The molecule has 0 N–H and O–H groups in total. The van der Waals surface area contributed by atoms with Crippen LogP contribution in [0.15, 0.2) is 49.2 Å². The molecule has 0 spiro atoms. The third-order valence-corrected chi connectivity index (χ3v) is 3.30. The highest BCUT2D eigenvalue weighted by atomic mass is 15.1. The van der Waals surface area contributed by atoms with Crippen molar-refractivity contribution in [3.05, 3.63) is 49.2 Å². The van der Waals surface area contributed by atoms with Gasteiger partial charge >= 0.3 is 0 Å². The Kier molecular flexibility index (Phi) is 7.36. The van der Waals surface area contributed by atoms with E-state index in [0.29, 0.717) is 17.9 Å². The van der Waals surface area contributed by atoms with Crippen LogP contribution in [0.5, 0.6) is 0 Å².